The summed E-state index contributed by atoms with van der Waals surface area (Å²) in [6.07, 6.45) is 0.964. The highest BCUT2D eigenvalue weighted by Gasteiger charge is 2.10. The summed E-state index contributed by atoms with van der Waals surface area (Å²) in [5.41, 5.74) is 8.77. The van der Waals surface area contributed by atoms with Crippen molar-refractivity contribution in [1.82, 2.24) is 10.4 Å². The lowest BCUT2D eigenvalue weighted by atomic mass is 10.2. The number of rotatable bonds is 8. The number of carbonyl (C=O) groups excluding carboxylic acids is 2. The summed E-state index contributed by atoms with van der Waals surface area (Å²) < 4.78 is 14.6. The van der Waals surface area contributed by atoms with Crippen LogP contribution in [0.5, 0.6) is 5.88 Å². The number of aromatic nitrogens is 1. The highest BCUT2D eigenvalue weighted by molar-refractivity contribution is 6.29. The molecule has 0 spiro atoms. The summed E-state index contributed by atoms with van der Waals surface area (Å²) in [6, 6.07) is 3.09. The lowest BCUT2D eigenvalue weighted by Crippen LogP contribution is -2.18. The molecule has 0 saturated heterocycles. The largest absolute Gasteiger partial charge is 0.516 e. The Hall–Kier alpha value is -2.81. The van der Waals surface area contributed by atoms with Crippen molar-refractivity contribution in [2.45, 2.75) is 33.8 Å². The minimum absolute atomic E-state index is 0.0821. The Morgan fingerprint density at radius 1 is 1.33 bits per heavy atom. The number of hydrazone groups is 1. The molecule has 0 amide bonds. The molecule has 0 aliphatic heterocycles. The number of nitrogens with two attached hydrogens (primary N) is 1. The maximum Gasteiger partial charge on any atom is 0.516 e. The minimum atomic E-state index is -1.06. The van der Waals surface area contributed by atoms with Gasteiger partial charge in [0.25, 0.3) is 0 Å². The normalized spacial score (nSPS) is 11.7. The molecule has 3 N–H and O–H groups in total. The molecule has 10 heteroatoms. The summed E-state index contributed by atoms with van der Waals surface area (Å²) in [5, 5.41) is 4.05. The first-order chi connectivity index (χ1) is 12.7. The molecular formula is C17H23ClN4O5. The number of carbonyl (C=O) groups is 2. The number of ether oxygens (including phenoxy) is 3. The Morgan fingerprint density at radius 2 is 2.04 bits per heavy atom. The summed E-state index contributed by atoms with van der Waals surface area (Å²) in [7, 11) is 0. The van der Waals surface area contributed by atoms with Gasteiger partial charge in [0.2, 0.25) is 5.88 Å². The van der Waals surface area contributed by atoms with E-state index < -0.39 is 12.1 Å². The molecule has 1 aromatic heterocycles. The van der Waals surface area contributed by atoms with Crippen molar-refractivity contribution in [1.29, 1.82) is 0 Å². The van der Waals surface area contributed by atoms with Gasteiger partial charge >= 0.3 is 12.1 Å². The molecule has 0 unspecified atom stereocenters. The number of pyridine rings is 1. The van der Waals surface area contributed by atoms with Gasteiger partial charge < -0.3 is 19.9 Å². The summed E-state index contributed by atoms with van der Waals surface area (Å²) in [6.45, 7) is 7.57. The van der Waals surface area contributed by atoms with Crippen molar-refractivity contribution >= 4 is 29.6 Å². The van der Waals surface area contributed by atoms with Gasteiger partial charge in [-0.2, -0.15) is 5.10 Å². The van der Waals surface area contributed by atoms with Crippen molar-refractivity contribution in [3.05, 3.63) is 35.1 Å². The van der Waals surface area contributed by atoms with Crippen LogP contribution in [0, 0.1) is 5.92 Å². The fourth-order valence-corrected chi connectivity index (χ4v) is 1.78. The minimum Gasteiger partial charge on any atom is -0.475 e. The average molecular weight is 399 g/mol. The summed E-state index contributed by atoms with van der Waals surface area (Å²) in [4.78, 5) is 26.7. The Balaban J connectivity index is 2.59. The van der Waals surface area contributed by atoms with Crippen molar-refractivity contribution in [2.75, 3.05) is 6.61 Å². The van der Waals surface area contributed by atoms with Crippen LogP contribution in [-0.2, 0) is 14.3 Å². The Kier molecular flexibility index (Phi) is 9.07. The van der Waals surface area contributed by atoms with Gasteiger partial charge in [-0.25, -0.2) is 14.6 Å². The molecule has 1 rings (SSSR count). The molecular weight excluding hydrogens is 376 g/mol. The summed E-state index contributed by atoms with van der Waals surface area (Å²) in [5.74, 6) is -0.383. The zero-order valence-electron chi connectivity index (χ0n) is 15.6. The first-order valence-corrected chi connectivity index (χ1v) is 8.53. The first-order valence-electron chi connectivity index (χ1n) is 8.15. The van der Waals surface area contributed by atoms with Gasteiger partial charge in [0.05, 0.1) is 12.7 Å². The van der Waals surface area contributed by atoms with Crippen molar-refractivity contribution in [2.24, 2.45) is 16.8 Å². The van der Waals surface area contributed by atoms with E-state index in [0.717, 1.165) is 12.3 Å². The molecule has 1 heterocycles. The van der Waals surface area contributed by atoms with Crippen molar-refractivity contribution in [3.8, 4) is 5.88 Å². The number of amidine groups is 1. The van der Waals surface area contributed by atoms with Crippen molar-refractivity contribution in [3.63, 3.8) is 0 Å². The monoisotopic (exact) mass is 398 g/mol. The topological polar surface area (TPSA) is 125 Å². The maximum absolute atomic E-state index is 11.4. The third-order valence-corrected chi connectivity index (χ3v) is 2.81. The van der Waals surface area contributed by atoms with E-state index >= 15 is 0 Å². The van der Waals surface area contributed by atoms with Gasteiger partial charge in [-0.3, -0.25) is 5.43 Å². The molecule has 0 saturated carbocycles. The van der Waals surface area contributed by atoms with E-state index in [1.54, 1.807) is 6.07 Å². The zero-order valence-corrected chi connectivity index (χ0v) is 16.3. The molecule has 1 aromatic rings. The van der Waals surface area contributed by atoms with Crippen LogP contribution in [0.15, 0.2) is 29.5 Å². The summed E-state index contributed by atoms with van der Waals surface area (Å²) >= 11 is 5.93. The molecule has 27 heavy (non-hydrogen) atoms. The highest BCUT2D eigenvalue weighted by Crippen LogP contribution is 2.17. The lowest BCUT2D eigenvalue weighted by Gasteiger charge is -2.10. The predicted octanol–water partition coefficient (Wildman–Crippen LogP) is 2.58. The van der Waals surface area contributed by atoms with Gasteiger partial charge in [0.15, 0.2) is 5.84 Å². The standard InChI is InChI=1S/C17H23ClN4O5/c1-10(2)9-25-17(24)27-15(23)5-6-20-22-16(19)12-7-13(18)21-14(8-12)26-11(3)4/h5-8,10-11,20H,9H2,1-4H3,(H2,19,22)/b6-5-. The van der Waals surface area contributed by atoms with Gasteiger partial charge in [0.1, 0.15) is 5.15 Å². The quantitative estimate of drug-likeness (QED) is 0.130. The molecule has 0 fully saturated rings. The Labute approximate surface area is 162 Å². The van der Waals surface area contributed by atoms with E-state index in [2.05, 4.69) is 20.2 Å². The Bertz CT molecular complexity index is 719. The number of hydrogen-bond donors (Lipinski definition) is 2. The van der Waals surface area contributed by atoms with Crippen LogP contribution in [0.1, 0.15) is 33.3 Å². The molecule has 0 atom stereocenters. The number of hydrogen-bond acceptors (Lipinski definition) is 8. The van der Waals surface area contributed by atoms with Crippen LogP contribution in [0.3, 0.4) is 0 Å². The molecule has 0 bridgehead atoms. The third-order valence-electron chi connectivity index (χ3n) is 2.62. The van der Waals surface area contributed by atoms with Crippen LogP contribution in [-0.4, -0.2) is 35.7 Å². The van der Waals surface area contributed by atoms with Crippen LogP contribution >= 0.6 is 11.6 Å². The fraction of sp³-hybridized carbons (Fsp3) is 0.412. The second-order valence-corrected chi connectivity index (χ2v) is 6.41. The molecule has 0 aromatic carbocycles. The van der Waals surface area contributed by atoms with Gasteiger partial charge in [-0.05, 0) is 25.8 Å². The van der Waals surface area contributed by atoms with Gasteiger partial charge in [0, 0.05) is 23.9 Å². The van der Waals surface area contributed by atoms with E-state index in [1.807, 2.05) is 27.7 Å². The fourth-order valence-electron chi connectivity index (χ4n) is 1.58. The smallest absolute Gasteiger partial charge is 0.475 e. The second-order valence-electron chi connectivity index (χ2n) is 6.02. The van der Waals surface area contributed by atoms with E-state index in [4.69, 9.17) is 26.8 Å². The zero-order chi connectivity index (χ0) is 20.4. The Morgan fingerprint density at radius 3 is 2.67 bits per heavy atom. The van der Waals surface area contributed by atoms with E-state index in [0.29, 0.717) is 11.4 Å². The molecule has 0 radical (unpaired) electrons. The predicted molar refractivity (Wildman–Crippen MR) is 100 cm³/mol. The molecule has 9 nitrogen and oxygen atoms in total. The van der Waals surface area contributed by atoms with E-state index in [1.165, 1.54) is 6.07 Å². The van der Waals surface area contributed by atoms with Crippen molar-refractivity contribution < 1.29 is 23.8 Å². The number of nitrogens with zero attached hydrogens (tertiary/aromatic N) is 2. The number of halogens is 1. The second kappa shape index (κ2) is 11.0. The van der Waals surface area contributed by atoms with E-state index in [9.17, 15) is 9.59 Å². The average Bonchev–Trinajstić information content (AvgIpc) is 2.55. The molecule has 0 aliphatic carbocycles. The number of nitrogens with one attached hydrogen (secondary N) is 1. The van der Waals surface area contributed by atoms with Crippen LogP contribution in [0.25, 0.3) is 0 Å². The lowest BCUT2D eigenvalue weighted by molar-refractivity contribution is -0.134. The van der Waals surface area contributed by atoms with Gasteiger partial charge in [-0.15, -0.1) is 0 Å². The van der Waals surface area contributed by atoms with Gasteiger partial charge in [-0.1, -0.05) is 25.4 Å². The SMILES string of the molecule is CC(C)COC(=O)OC(=O)/C=C\N/N=C(\N)c1cc(Cl)nc(OC(C)C)c1. The molecule has 148 valence electrons. The van der Waals surface area contributed by atoms with Crippen LogP contribution in [0.4, 0.5) is 4.79 Å². The maximum atomic E-state index is 11.4. The highest BCUT2D eigenvalue weighted by atomic mass is 35.5. The van der Waals surface area contributed by atoms with E-state index in [-0.39, 0.29) is 29.6 Å². The number of esters is 1. The third kappa shape index (κ3) is 9.45. The van der Waals surface area contributed by atoms with Crippen LogP contribution in [0.2, 0.25) is 5.15 Å². The first kappa shape index (κ1) is 22.2. The van der Waals surface area contributed by atoms with Crippen LogP contribution < -0.4 is 15.9 Å². The molecule has 0 aliphatic rings.